The number of hydrogen-bond acceptors (Lipinski definition) is 7. The molecule has 0 N–H and O–H groups in total. The second-order valence-corrected chi connectivity index (χ2v) is 7.88. The third-order valence-corrected chi connectivity index (χ3v) is 6.84. The highest BCUT2D eigenvalue weighted by Gasteiger charge is 2.24. The van der Waals surface area contributed by atoms with Crippen LogP contribution < -0.4 is 0 Å². The van der Waals surface area contributed by atoms with Crippen LogP contribution in [0.2, 0.25) is 0 Å². The molecule has 0 aliphatic rings. The first-order chi connectivity index (χ1) is 7.58. The fourth-order valence-electron chi connectivity index (χ4n) is 0.714. The van der Waals surface area contributed by atoms with E-state index < -0.39 is 6.80 Å². The van der Waals surface area contributed by atoms with Gasteiger partial charge in [0.1, 0.15) is 0 Å². The van der Waals surface area contributed by atoms with E-state index in [-0.39, 0.29) is 11.7 Å². The lowest BCUT2D eigenvalue weighted by molar-refractivity contribution is -0.137. The lowest BCUT2D eigenvalue weighted by Gasteiger charge is -2.15. The largest absolute Gasteiger partial charge is 0.468 e. The summed E-state index contributed by atoms with van der Waals surface area (Å²) in [5.41, 5.74) is 0. The number of methoxy groups -OCH3 is 1. The summed E-state index contributed by atoms with van der Waals surface area (Å²) in [7, 11) is 1.33. The second kappa shape index (κ2) is 9.36. The molecule has 0 amide bonds. The van der Waals surface area contributed by atoms with Gasteiger partial charge in [-0.1, -0.05) is 0 Å². The average molecular weight is 288 g/mol. The minimum absolute atomic E-state index is 0.238. The number of ether oxygens (including phenoxy) is 1. The van der Waals surface area contributed by atoms with Crippen molar-refractivity contribution in [1.82, 2.24) is 0 Å². The number of hydrogen-bond donors (Lipinski definition) is 0. The number of esters is 1. The van der Waals surface area contributed by atoms with Crippen LogP contribution in [0, 0.1) is 0 Å². The van der Waals surface area contributed by atoms with E-state index in [2.05, 4.69) is 4.74 Å². The van der Waals surface area contributed by atoms with Gasteiger partial charge in [0, 0.05) is 0 Å². The van der Waals surface area contributed by atoms with Gasteiger partial charge >= 0.3 is 12.8 Å². The Kier molecular flexibility index (Phi) is 9.55. The van der Waals surface area contributed by atoms with Crippen molar-refractivity contribution in [3.63, 3.8) is 0 Å². The van der Waals surface area contributed by atoms with E-state index >= 15 is 0 Å². The molecule has 0 fully saturated rings. The molecule has 96 valence electrons. The predicted molar refractivity (Wildman–Crippen MR) is 67.8 cm³/mol. The summed E-state index contributed by atoms with van der Waals surface area (Å²) in [4.78, 5) is 10.8. The zero-order chi connectivity index (χ0) is 12.4. The molecular weight excluding hydrogens is 271 g/mol. The average Bonchev–Trinajstić information content (AvgIpc) is 2.25. The lowest BCUT2D eigenvalue weighted by Crippen LogP contribution is -2.03. The van der Waals surface area contributed by atoms with Gasteiger partial charge in [0.25, 0.3) is 0 Å². The zero-order valence-corrected chi connectivity index (χ0v) is 12.2. The van der Waals surface area contributed by atoms with Gasteiger partial charge in [-0.25, -0.2) is 4.57 Å². The number of carbonyl (C=O) groups excluding carboxylic acids is 1. The molecule has 0 saturated heterocycles. The van der Waals surface area contributed by atoms with Gasteiger partial charge in [0.05, 0.1) is 31.2 Å². The van der Waals surface area contributed by atoms with Crippen LogP contribution in [0.5, 0.6) is 0 Å². The topological polar surface area (TPSA) is 61.8 Å². The molecule has 5 nitrogen and oxygen atoms in total. The normalized spacial score (nSPS) is 11.4. The quantitative estimate of drug-likeness (QED) is 0.280. The van der Waals surface area contributed by atoms with Crippen LogP contribution >= 0.6 is 29.9 Å². The van der Waals surface area contributed by atoms with Crippen LogP contribution in [0.1, 0.15) is 13.8 Å². The molecule has 0 spiro atoms. The molecule has 0 bridgehead atoms. The standard InChI is InChI=1S/C8H17O5PS2/c1-4-12-14(10,13-5-2)16-7-15-6-8(9)11-3/h4-7H2,1-3H3. The highest BCUT2D eigenvalue weighted by molar-refractivity contribution is 8.57. The van der Waals surface area contributed by atoms with Crippen molar-refractivity contribution in [2.24, 2.45) is 0 Å². The van der Waals surface area contributed by atoms with E-state index in [1.54, 1.807) is 13.8 Å². The van der Waals surface area contributed by atoms with E-state index in [0.717, 1.165) is 11.4 Å². The van der Waals surface area contributed by atoms with Crippen molar-refractivity contribution in [2.45, 2.75) is 13.8 Å². The van der Waals surface area contributed by atoms with Gasteiger partial charge in [-0.05, 0) is 25.2 Å². The van der Waals surface area contributed by atoms with E-state index in [0.29, 0.717) is 18.3 Å². The molecule has 0 unspecified atom stereocenters. The van der Waals surface area contributed by atoms with Crippen LogP contribution in [0.4, 0.5) is 0 Å². The Bertz CT molecular complexity index is 239. The summed E-state index contributed by atoms with van der Waals surface area (Å²) in [6.45, 7) is 1.15. The first-order valence-corrected chi connectivity index (χ1v) is 9.05. The Balaban J connectivity index is 3.85. The predicted octanol–water partition coefficient (Wildman–Crippen LogP) is 2.76. The van der Waals surface area contributed by atoms with E-state index in [1.807, 2.05) is 0 Å². The van der Waals surface area contributed by atoms with Gasteiger partial charge < -0.3 is 13.8 Å². The van der Waals surface area contributed by atoms with Crippen molar-refractivity contribution in [1.29, 1.82) is 0 Å². The van der Waals surface area contributed by atoms with Crippen molar-refractivity contribution >= 4 is 35.9 Å². The summed E-state index contributed by atoms with van der Waals surface area (Å²) >= 11 is 2.41. The molecule has 0 aromatic carbocycles. The summed E-state index contributed by atoms with van der Waals surface area (Å²) in [5, 5.41) is 0.465. The molecule has 0 rings (SSSR count). The summed E-state index contributed by atoms with van der Waals surface area (Å²) in [6, 6.07) is 0. The van der Waals surface area contributed by atoms with Crippen molar-refractivity contribution in [3.8, 4) is 0 Å². The first-order valence-electron chi connectivity index (χ1n) is 4.76. The Morgan fingerprint density at radius 3 is 2.25 bits per heavy atom. The second-order valence-electron chi connectivity index (χ2n) is 2.45. The van der Waals surface area contributed by atoms with Crippen LogP contribution in [0.25, 0.3) is 0 Å². The van der Waals surface area contributed by atoms with Crippen molar-refractivity contribution < 1.29 is 23.1 Å². The smallest absolute Gasteiger partial charge is 0.389 e. The SMILES string of the molecule is CCOP(=O)(OCC)SCSCC(=O)OC. The molecule has 0 atom stereocenters. The van der Waals surface area contributed by atoms with Gasteiger partial charge in [-0.3, -0.25) is 4.79 Å². The van der Waals surface area contributed by atoms with Gasteiger partial charge in [0.2, 0.25) is 0 Å². The van der Waals surface area contributed by atoms with Gasteiger partial charge in [-0.15, -0.1) is 11.8 Å². The molecule has 0 aliphatic carbocycles. The minimum Gasteiger partial charge on any atom is -0.468 e. The van der Waals surface area contributed by atoms with Crippen LogP contribution in [0.3, 0.4) is 0 Å². The monoisotopic (exact) mass is 288 g/mol. The number of rotatable bonds is 9. The molecule has 0 saturated carbocycles. The Morgan fingerprint density at radius 2 is 1.81 bits per heavy atom. The minimum atomic E-state index is -3.04. The highest BCUT2D eigenvalue weighted by atomic mass is 32.7. The maximum Gasteiger partial charge on any atom is 0.389 e. The third kappa shape index (κ3) is 7.57. The first kappa shape index (κ1) is 16.3. The fourth-order valence-corrected chi connectivity index (χ4v) is 5.91. The number of thioether (sulfide) groups is 1. The summed E-state index contributed by atoms with van der Waals surface area (Å²) in [5.74, 6) is -0.0601. The van der Waals surface area contributed by atoms with E-state index in [4.69, 9.17) is 9.05 Å². The van der Waals surface area contributed by atoms with Crippen LogP contribution in [-0.4, -0.2) is 37.1 Å². The van der Waals surface area contributed by atoms with Gasteiger partial charge in [0.15, 0.2) is 0 Å². The molecule has 0 heterocycles. The zero-order valence-electron chi connectivity index (χ0n) is 9.63. The third-order valence-electron chi connectivity index (χ3n) is 1.32. The maximum absolute atomic E-state index is 11.9. The Labute approximate surface area is 104 Å². The van der Waals surface area contributed by atoms with Gasteiger partial charge in [-0.2, -0.15) is 0 Å². The van der Waals surface area contributed by atoms with E-state index in [9.17, 15) is 9.36 Å². The van der Waals surface area contributed by atoms with E-state index in [1.165, 1.54) is 18.9 Å². The fraction of sp³-hybridized carbons (Fsp3) is 0.875. The molecule has 0 radical (unpaired) electrons. The number of carbonyl (C=O) groups is 1. The molecule has 16 heavy (non-hydrogen) atoms. The molecule has 0 aromatic heterocycles. The molecular formula is C8H17O5PS2. The molecule has 0 aliphatic heterocycles. The van der Waals surface area contributed by atoms with Crippen molar-refractivity contribution in [2.75, 3.05) is 31.2 Å². The van der Waals surface area contributed by atoms with Crippen LogP contribution in [-0.2, 0) is 23.1 Å². The Hall–Kier alpha value is 0.320. The Morgan fingerprint density at radius 1 is 1.25 bits per heavy atom. The molecule has 0 aromatic rings. The lowest BCUT2D eigenvalue weighted by atomic mass is 10.8. The molecule has 8 heteroatoms. The maximum atomic E-state index is 11.9. The summed E-state index contributed by atoms with van der Waals surface area (Å²) < 4.78 is 26.5. The summed E-state index contributed by atoms with van der Waals surface area (Å²) in [6.07, 6.45) is 0. The van der Waals surface area contributed by atoms with Crippen molar-refractivity contribution in [3.05, 3.63) is 0 Å². The highest BCUT2D eigenvalue weighted by Crippen LogP contribution is 2.61. The van der Waals surface area contributed by atoms with Crippen LogP contribution in [0.15, 0.2) is 0 Å².